The lowest BCUT2D eigenvalue weighted by Gasteiger charge is -2.32. The van der Waals surface area contributed by atoms with Gasteiger partial charge in [0.1, 0.15) is 0 Å². The van der Waals surface area contributed by atoms with Crippen LogP contribution in [0, 0.1) is 6.92 Å². The molecule has 1 amide bonds. The molecule has 6 nitrogen and oxygen atoms in total. The van der Waals surface area contributed by atoms with Crippen LogP contribution >= 0.6 is 0 Å². The van der Waals surface area contributed by atoms with Crippen molar-refractivity contribution in [1.29, 1.82) is 0 Å². The number of nitrogens with zero attached hydrogens (tertiary/aromatic N) is 2. The molecule has 0 aliphatic carbocycles. The summed E-state index contributed by atoms with van der Waals surface area (Å²) in [7, 11) is -0.568. The molecule has 2 aromatic rings. The Balaban J connectivity index is 1.79. The van der Waals surface area contributed by atoms with Crippen molar-refractivity contribution in [2.45, 2.75) is 45.8 Å². The first kappa shape index (κ1) is 17.6. The van der Waals surface area contributed by atoms with Crippen molar-refractivity contribution in [1.82, 2.24) is 9.97 Å². The first-order valence-electron chi connectivity index (χ1n) is 8.23. The number of carbonyl (C=O) groups is 1. The summed E-state index contributed by atoms with van der Waals surface area (Å²) in [5.74, 6) is -0.211. The van der Waals surface area contributed by atoms with Gasteiger partial charge in [0.2, 0.25) is 0 Å². The van der Waals surface area contributed by atoms with E-state index in [1.54, 1.807) is 36.8 Å². The van der Waals surface area contributed by atoms with Gasteiger partial charge in [0.05, 0.1) is 22.4 Å². The number of aromatic nitrogens is 2. The average molecular weight is 339 g/mol. The van der Waals surface area contributed by atoms with Crippen molar-refractivity contribution >= 4 is 24.3 Å². The molecule has 0 bridgehead atoms. The van der Waals surface area contributed by atoms with Gasteiger partial charge in [-0.05, 0) is 58.4 Å². The minimum atomic E-state index is -0.568. The summed E-state index contributed by atoms with van der Waals surface area (Å²) >= 11 is 0. The molecule has 0 aromatic carbocycles. The molecule has 0 saturated carbocycles. The Kier molecular flexibility index (Phi) is 4.39. The lowest BCUT2D eigenvalue weighted by molar-refractivity contribution is 0.00578. The summed E-state index contributed by atoms with van der Waals surface area (Å²) in [4.78, 5) is 20.8. The molecule has 0 spiro atoms. The van der Waals surface area contributed by atoms with Crippen LogP contribution in [0.2, 0.25) is 0 Å². The van der Waals surface area contributed by atoms with Gasteiger partial charge in [-0.1, -0.05) is 0 Å². The molecule has 130 valence electrons. The van der Waals surface area contributed by atoms with Crippen LogP contribution in [0.4, 0.5) is 5.69 Å². The molecule has 1 N–H and O–H groups in total. The quantitative estimate of drug-likeness (QED) is 0.869. The third kappa shape index (κ3) is 3.43. The number of nitrogens with one attached hydrogen (secondary N) is 1. The van der Waals surface area contributed by atoms with Gasteiger partial charge < -0.3 is 14.6 Å². The lowest BCUT2D eigenvalue weighted by atomic mass is 9.84. The van der Waals surface area contributed by atoms with Crippen LogP contribution in [-0.4, -0.2) is 34.2 Å². The topological polar surface area (TPSA) is 73.3 Å². The van der Waals surface area contributed by atoms with Crippen molar-refractivity contribution in [3.63, 3.8) is 0 Å². The molecule has 7 heteroatoms. The molecule has 1 aliphatic heterocycles. The predicted octanol–water partition coefficient (Wildman–Crippen LogP) is 2.34. The molecule has 0 atom stereocenters. The van der Waals surface area contributed by atoms with E-state index in [0.29, 0.717) is 16.8 Å². The van der Waals surface area contributed by atoms with E-state index in [-0.39, 0.29) is 5.91 Å². The SMILES string of the molecule is Cc1ccncc1C(=O)Nc1ccnc(B2OC(C)(C)C(C)(C)O2)c1. The minimum Gasteiger partial charge on any atom is -0.398 e. The molecule has 3 rings (SSSR count). The Hall–Kier alpha value is -2.25. The normalized spacial score (nSPS) is 18.2. The van der Waals surface area contributed by atoms with Gasteiger partial charge in [0, 0.05) is 24.3 Å². The van der Waals surface area contributed by atoms with Crippen LogP contribution in [0.15, 0.2) is 36.8 Å². The zero-order valence-corrected chi connectivity index (χ0v) is 15.2. The number of anilines is 1. The van der Waals surface area contributed by atoms with E-state index in [1.807, 2.05) is 34.6 Å². The van der Waals surface area contributed by atoms with Gasteiger partial charge in [-0.3, -0.25) is 14.8 Å². The molecule has 1 fully saturated rings. The third-order valence-electron chi connectivity index (χ3n) is 4.82. The van der Waals surface area contributed by atoms with Crippen LogP contribution < -0.4 is 10.9 Å². The van der Waals surface area contributed by atoms with E-state index in [4.69, 9.17) is 9.31 Å². The van der Waals surface area contributed by atoms with E-state index in [9.17, 15) is 4.79 Å². The van der Waals surface area contributed by atoms with Crippen LogP contribution in [0.1, 0.15) is 43.6 Å². The molecule has 1 aliphatic rings. The van der Waals surface area contributed by atoms with E-state index in [0.717, 1.165) is 5.56 Å². The van der Waals surface area contributed by atoms with E-state index in [1.165, 1.54) is 0 Å². The van der Waals surface area contributed by atoms with E-state index >= 15 is 0 Å². The Morgan fingerprint density at radius 3 is 2.44 bits per heavy atom. The molecule has 3 heterocycles. The van der Waals surface area contributed by atoms with Crippen LogP contribution in [-0.2, 0) is 9.31 Å². The van der Waals surface area contributed by atoms with Crippen LogP contribution in [0.5, 0.6) is 0 Å². The Bertz CT molecular complexity index is 792. The fourth-order valence-electron chi connectivity index (χ4n) is 2.52. The molecular weight excluding hydrogens is 317 g/mol. The minimum absolute atomic E-state index is 0.211. The fourth-order valence-corrected chi connectivity index (χ4v) is 2.52. The van der Waals surface area contributed by atoms with E-state index in [2.05, 4.69) is 15.3 Å². The highest BCUT2D eigenvalue weighted by Gasteiger charge is 2.52. The highest BCUT2D eigenvalue weighted by atomic mass is 16.7. The largest absolute Gasteiger partial charge is 0.514 e. The fraction of sp³-hybridized carbons (Fsp3) is 0.389. The zero-order valence-electron chi connectivity index (χ0n) is 15.2. The van der Waals surface area contributed by atoms with Crippen LogP contribution in [0.3, 0.4) is 0 Å². The number of aryl methyl sites for hydroxylation is 1. The van der Waals surface area contributed by atoms with Gasteiger partial charge in [-0.25, -0.2) is 0 Å². The Morgan fingerprint density at radius 1 is 1.12 bits per heavy atom. The third-order valence-corrected chi connectivity index (χ3v) is 4.82. The van der Waals surface area contributed by atoms with Crippen molar-refractivity contribution < 1.29 is 14.1 Å². The number of carbonyl (C=O) groups excluding carboxylic acids is 1. The summed E-state index contributed by atoms with van der Waals surface area (Å²) < 4.78 is 12.0. The molecule has 0 radical (unpaired) electrons. The standard InChI is InChI=1S/C18H22BN3O3/c1-12-6-8-20-11-14(12)16(23)22-13-7-9-21-15(10-13)19-24-17(2,3)18(4,5)25-19/h6-11H,1-5H3,(H,21,22,23). The summed E-state index contributed by atoms with van der Waals surface area (Å²) in [6.45, 7) is 9.83. The number of rotatable bonds is 3. The van der Waals surface area contributed by atoms with Crippen molar-refractivity contribution in [2.75, 3.05) is 5.32 Å². The van der Waals surface area contributed by atoms with Crippen molar-refractivity contribution in [2.24, 2.45) is 0 Å². The number of amides is 1. The second-order valence-corrected chi connectivity index (χ2v) is 7.20. The van der Waals surface area contributed by atoms with Crippen molar-refractivity contribution in [3.05, 3.63) is 47.9 Å². The zero-order chi connectivity index (χ0) is 18.2. The maximum atomic E-state index is 12.4. The Labute approximate surface area is 148 Å². The van der Waals surface area contributed by atoms with E-state index < -0.39 is 18.3 Å². The number of hydrogen-bond acceptors (Lipinski definition) is 5. The molecule has 1 saturated heterocycles. The Morgan fingerprint density at radius 2 is 1.80 bits per heavy atom. The molecule has 2 aromatic heterocycles. The van der Waals surface area contributed by atoms with Crippen LogP contribution in [0.25, 0.3) is 0 Å². The maximum absolute atomic E-state index is 12.4. The second kappa shape index (κ2) is 6.24. The highest BCUT2D eigenvalue weighted by Crippen LogP contribution is 2.36. The summed E-state index contributed by atoms with van der Waals surface area (Å²) in [5, 5.41) is 2.87. The molecule has 0 unspecified atom stereocenters. The second-order valence-electron chi connectivity index (χ2n) is 7.20. The monoisotopic (exact) mass is 339 g/mol. The first-order chi connectivity index (χ1) is 11.7. The van der Waals surface area contributed by atoms with Gasteiger partial charge in [0.15, 0.2) is 0 Å². The first-order valence-corrected chi connectivity index (χ1v) is 8.23. The lowest BCUT2D eigenvalue weighted by Crippen LogP contribution is -2.41. The maximum Gasteiger partial charge on any atom is 0.514 e. The molecule has 25 heavy (non-hydrogen) atoms. The van der Waals surface area contributed by atoms with Gasteiger partial charge in [-0.2, -0.15) is 0 Å². The van der Waals surface area contributed by atoms with Gasteiger partial charge in [-0.15, -0.1) is 0 Å². The summed E-state index contributed by atoms with van der Waals surface area (Å²) in [6.07, 6.45) is 4.85. The predicted molar refractivity (Wildman–Crippen MR) is 96.9 cm³/mol. The highest BCUT2D eigenvalue weighted by molar-refractivity contribution is 6.61. The smallest absolute Gasteiger partial charge is 0.398 e. The number of pyridine rings is 2. The van der Waals surface area contributed by atoms with Gasteiger partial charge in [0.25, 0.3) is 5.91 Å². The average Bonchev–Trinajstić information content (AvgIpc) is 2.76. The summed E-state index contributed by atoms with van der Waals surface area (Å²) in [6, 6.07) is 5.31. The number of hydrogen-bond donors (Lipinski definition) is 1. The van der Waals surface area contributed by atoms with Crippen molar-refractivity contribution in [3.8, 4) is 0 Å². The van der Waals surface area contributed by atoms with Gasteiger partial charge >= 0.3 is 7.12 Å². The molecular formula is C18H22BN3O3. The summed E-state index contributed by atoms with van der Waals surface area (Å²) in [5.41, 5.74) is 1.79.